The van der Waals surface area contributed by atoms with E-state index in [1.54, 1.807) is 12.3 Å². The van der Waals surface area contributed by atoms with E-state index in [9.17, 15) is 5.11 Å². The van der Waals surface area contributed by atoms with Gasteiger partial charge in [-0.15, -0.1) is 12.3 Å². The molecule has 13 heavy (non-hydrogen) atoms. The van der Waals surface area contributed by atoms with Crippen molar-refractivity contribution in [2.24, 2.45) is 0 Å². The topological polar surface area (TPSA) is 33.4 Å². The summed E-state index contributed by atoms with van der Waals surface area (Å²) < 4.78 is 5.91. The Morgan fingerprint density at radius 3 is 3.00 bits per heavy atom. The van der Waals surface area contributed by atoms with Crippen LogP contribution in [0.4, 0.5) is 0 Å². The van der Waals surface area contributed by atoms with Crippen LogP contribution in [0.3, 0.4) is 0 Å². The molecule has 0 saturated heterocycles. The maximum absolute atomic E-state index is 9.62. The Morgan fingerprint density at radius 2 is 2.46 bits per heavy atom. The van der Waals surface area contributed by atoms with Crippen molar-refractivity contribution in [2.45, 2.75) is 25.4 Å². The van der Waals surface area contributed by atoms with E-state index < -0.39 is 6.10 Å². The van der Waals surface area contributed by atoms with Gasteiger partial charge in [-0.2, -0.15) is 0 Å². The average molecular weight is 243 g/mol. The van der Waals surface area contributed by atoms with Gasteiger partial charge in [-0.3, -0.25) is 0 Å². The van der Waals surface area contributed by atoms with Gasteiger partial charge in [0.15, 0.2) is 0 Å². The first kappa shape index (κ1) is 10.4. The lowest BCUT2D eigenvalue weighted by Crippen LogP contribution is -1.95. The molecule has 1 atom stereocenters. The van der Waals surface area contributed by atoms with Crippen LogP contribution in [0.15, 0.2) is 21.2 Å². The fraction of sp³-hybridized carbons (Fsp3) is 0.400. The van der Waals surface area contributed by atoms with Gasteiger partial charge >= 0.3 is 0 Å². The molecule has 0 bridgehead atoms. The van der Waals surface area contributed by atoms with Crippen LogP contribution >= 0.6 is 15.9 Å². The second kappa shape index (κ2) is 5.11. The van der Waals surface area contributed by atoms with E-state index in [0.717, 1.165) is 10.9 Å². The van der Waals surface area contributed by atoms with Gasteiger partial charge in [0.2, 0.25) is 0 Å². The quantitative estimate of drug-likeness (QED) is 0.651. The molecule has 1 aromatic heterocycles. The number of rotatable bonds is 4. The average Bonchev–Trinajstić information content (AvgIpc) is 2.52. The van der Waals surface area contributed by atoms with E-state index in [1.165, 1.54) is 0 Å². The maximum Gasteiger partial charge on any atom is 0.146 e. The van der Waals surface area contributed by atoms with Crippen molar-refractivity contribution in [2.75, 3.05) is 0 Å². The van der Waals surface area contributed by atoms with Gasteiger partial charge < -0.3 is 9.52 Å². The molecule has 1 aromatic rings. The summed E-state index contributed by atoms with van der Waals surface area (Å²) in [6, 6.07) is 1.76. The highest BCUT2D eigenvalue weighted by Crippen LogP contribution is 2.27. The molecule has 1 heterocycles. The summed E-state index contributed by atoms with van der Waals surface area (Å²) in [6.07, 6.45) is 8.22. The van der Waals surface area contributed by atoms with Crippen molar-refractivity contribution in [1.29, 1.82) is 0 Å². The summed E-state index contributed by atoms with van der Waals surface area (Å²) >= 11 is 3.28. The Labute approximate surface area is 86.1 Å². The van der Waals surface area contributed by atoms with Gasteiger partial charge in [-0.1, -0.05) is 0 Å². The van der Waals surface area contributed by atoms with Crippen molar-refractivity contribution < 1.29 is 9.52 Å². The van der Waals surface area contributed by atoms with Crippen LogP contribution < -0.4 is 0 Å². The third kappa shape index (κ3) is 2.91. The molecule has 0 spiro atoms. The largest absolute Gasteiger partial charge is 0.465 e. The van der Waals surface area contributed by atoms with Gasteiger partial charge in [0.25, 0.3) is 0 Å². The van der Waals surface area contributed by atoms with Crippen LogP contribution in [0.5, 0.6) is 0 Å². The summed E-state index contributed by atoms with van der Waals surface area (Å²) in [7, 11) is 0. The molecule has 1 unspecified atom stereocenters. The Hall–Kier alpha value is -0.720. The summed E-state index contributed by atoms with van der Waals surface area (Å²) in [5.74, 6) is 3.11. The highest BCUT2D eigenvalue weighted by atomic mass is 79.9. The fourth-order valence-electron chi connectivity index (χ4n) is 1.07. The molecular formula is C10H11BrO2. The molecular weight excluding hydrogens is 232 g/mol. The number of terminal acetylenes is 1. The molecule has 0 amide bonds. The van der Waals surface area contributed by atoms with Crippen molar-refractivity contribution >= 4 is 15.9 Å². The first-order valence-corrected chi connectivity index (χ1v) is 4.89. The van der Waals surface area contributed by atoms with Crippen LogP contribution in [0.25, 0.3) is 0 Å². The predicted octanol–water partition coefficient (Wildman–Crippen LogP) is 2.88. The highest BCUT2D eigenvalue weighted by molar-refractivity contribution is 9.10. The summed E-state index contributed by atoms with van der Waals surface area (Å²) in [5.41, 5.74) is 0. The van der Waals surface area contributed by atoms with Crippen molar-refractivity contribution in [3.05, 3.63) is 22.6 Å². The molecule has 0 aliphatic rings. The van der Waals surface area contributed by atoms with Gasteiger partial charge in [0, 0.05) is 6.42 Å². The number of hydrogen-bond acceptors (Lipinski definition) is 2. The zero-order valence-electron chi connectivity index (χ0n) is 7.16. The van der Waals surface area contributed by atoms with Crippen LogP contribution in [0.2, 0.25) is 0 Å². The summed E-state index contributed by atoms with van der Waals surface area (Å²) in [5, 5.41) is 9.62. The van der Waals surface area contributed by atoms with Crippen LogP contribution in [-0.4, -0.2) is 5.11 Å². The first-order valence-electron chi connectivity index (χ1n) is 4.10. The van der Waals surface area contributed by atoms with E-state index in [1.807, 2.05) is 0 Å². The van der Waals surface area contributed by atoms with E-state index in [4.69, 9.17) is 10.8 Å². The van der Waals surface area contributed by atoms with Crippen molar-refractivity contribution in [1.82, 2.24) is 0 Å². The van der Waals surface area contributed by atoms with Gasteiger partial charge in [-0.25, -0.2) is 0 Å². The molecule has 0 saturated carbocycles. The molecule has 2 nitrogen and oxygen atoms in total. The minimum absolute atomic E-state index is 0.558. The van der Waals surface area contributed by atoms with Crippen LogP contribution in [0, 0.1) is 12.3 Å². The zero-order chi connectivity index (χ0) is 9.68. The van der Waals surface area contributed by atoms with Gasteiger partial charge in [-0.05, 0) is 34.8 Å². The second-order valence-corrected chi connectivity index (χ2v) is 3.60. The van der Waals surface area contributed by atoms with E-state index in [-0.39, 0.29) is 0 Å². The van der Waals surface area contributed by atoms with Gasteiger partial charge in [0.05, 0.1) is 10.7 Å². The molecule has 1 rings (SSSR count). The van der Waals surface area contributed by atoms with E-state index >= 15 is 0 Å². The lowest BCUT2D eigenvalue weighted by molar-refractivity contribution is 0.137. The summed E-state index contributed by atoms with van der Waals surface area (Å²) in [6.45, 7) is 0. The summed E-state index contributed by atoms with van der Waals surface area (Å²) in [4.78, 5) is 0. The normalized spacial score (nSPS) is 12.4. The minimum atomic E-state index is -0.558. The third-order valence-corrected chi connectivity index (χ3v) is 2.40. The number of aliphatic hydroxyl groups excluding tert-OH is 1. The monoisotopic (exact) mass is 242 g/mol. The van der Waals surface area contributed by atoms with Crippen LogP contribution in [0.1, 0.15) is 31.1 Å². The number of halogens is 1. The first-order chi connectivity index (χ1) is 6.25. The molecule has 1 N–H and O–H groups in total. The number of aliphatic hydroxyl groups is 1. The molecule has 0 fully saturated rings. The lowest BCUT2D eigenvalue weighted by atomic mass is 10.1. The van der Waals surface area contributed by atoms with Gasteiger partial charge in [0.1, 0.15) is 11.9 Å². The smallest absolute Gasteiger partial charge is 0.146 e. The van der Waals surface area contributed by atoms with E-state index in [0.29, 0.717) is 18.6 Å². The molecule has 0 aliphatic heterocycles. The highest BCUT2D eigenvalue weighted by Gasteiger charge is 2.13. The third-order valence-electron chi connectivity index (χ3n) is 1.75. The van der Waals surface area contributed by atoms with E-state index in [2.05, 4.69) is 21.9 Å². The predicted molar refractivity (Wildman–Crippen MR) is 54.1 cm³/mol. The van der Waals surface area contributed by atoms with Crippen LogP contribution in [-0.2, 0) is 0 Å². The molecule has 0 radical (unpaired) electrons. The fourth-order valence-corrected chi connectivity index (χ4v) is 1.54. The Kier molecular flexibility index (Phi) is 4.07. The molecule has 0 aromatic carbocycles. The van der Waals surface area contributed by atoms with Crippen molar-refractivity contribution in [3.8, 4) is 12.3 Å². The zero-order valence-corrected chi connectivity index (χ0v) is 8.75. The number of unbranched alkanes of at least 4 members (excludes halogenated alkanes) is 1. The Balaban J connectivity index is 2.45. The Morgan fingerprint density at radius 1 is 1.69 bits per heavy atom. The number of hydrogen-bond donors (Lipinski definition) is 1. The molecule has 0 aliphatic carbocycles. The number of furan rings is 1. The SMILES string of the molecule is C#CCCCC(O)c1occc1Br. The maximum atomic E-state index is 9.62. The standard InChI is InChI=1S/C10H11BrO2/c1-2-3-4-5-9(12)10-8(11)6-7-13-10/h1,6-7,9,12H,3-5H2. The molecule has 3 heteroatoms. The second-order valence-electron chi connectivity index (χ2n) is 2.74. The van der Waals surface area contributed by atoms with Crippen molar-refractivity contribution in [3.63, 3.8) is 0 Å². The lowest BCUT2D eigenvalue weighted by Gasteiger charge is -2.06. The minimum Gasteiger partial charge on any atom is -0.465 e. The molecule has 70 valence electrons. The Bertz CT molecular complexity index is 298.